The summed E-state index contributed by atoms with van der Waals surface area (Å²) in [6, 6.07) is 10.1. The number of rotatable bonds is 3. The van der Waals surface area contributed by atoms with Gasteiger partial charge in [-0.3, -0.25) is 9.59 Å². The topological polar surface area (TPSA) is 61.4 Å². The van der Waals surface area contributed by atoms with E-state index < -0.39 is 0 Å². The molecule has 1 saturated carbocycles. The Bertz CT molecular complexity index is 626. The average Bonchev–Trinajstić information content (AvgIpc) is 3.13. The molecule has 5 nitrogen and oxygen atoms in total. The molecule has 1 aromatic carbocycles. The summed E-state index contributed by atoms with van der Waals surface area (Å²) in [6.45, 7) is 1.42. The van der Waals surface area contributed by atoms with Crippen LogP contribution in [0.4, 0.5) is 0 Å². The van der Waals surface area contributed by atoms with Crippen LogP contribution in [-0.4, -0.2) is 47.9 Å². The summed E-state index contributed by atoms with van der Waals surface area (Å²) in [6.07, 6.45) is 7.74. The minimum Gasteiger partial charge on any atom is -0.352 e. The molecule has 2 aliphatic heterocycles. The minimum atomic E-state index is -0.0212. The van der Waals surface area contributed by atoms with E-state index in [1.54, 1.807) is 0 Å². The molecule has 3 fully saturated rings. The molecule has 3 aliphatic rings. The van der Waals surface area contributed by atoms with Crippen LogP contribution >= 0.6 is 0 Å². The molecule has 26 heavy (non-hydrogen) atoms. The maximum Gasteiger partial charge on any atom is 0.253 e. The Morgan fingerprint density at radius 2 is 1.73 bits per heavy atom. The van der Waals surface area contributed by atoms with Crippen LogP contribution in [-0.2, 0) is 4.79 Å². The number of carbonyl (C=O) groups is 2. The molecule has 3 atom stereocenters. The Labute approximate surface area is 155 Å². The Balaban J connectivity index is 1.25. The highest BCUT2D eigenvalue weighted by atomic mass is 16.2. The molecule has 2 N–H and O–H groups in total. The van der Waals surface area contributed by atoms with Gasteiger partial charge in [0.05, 0.1) is 6.04 Å². The lowest BCUT2D eigenvalue weighted by atomic mass is 9.85. The van der Waals surface area contributed by atoms with Crippen molar-refractivity contribution in [3.63, 3.8) is 0 Å². The molecule has 0 aromatic heterocycles. The summed E-state index contributed by atoms with van der Waals surface area (Å²) in [5.74, 6) is 0.939. The van der Waals surface area contributed by atoms with Crippen molar-refractivity contribution in [2.24, 2.45) is 5.92 Å². The highest BCUT2D eigenvalue weighted by Gasteiger charge is 2.38. The van der Waals surface area contributed by atoms with Crippen molar-refractivity contribution >= 4 is 11.8 Å². The molecule has 140 valence electrons. The van der Waals surface area contributed by atoms with Crippen LogP contribution in [0, 0.1) is 5.92 Å². The number of nitrogens with one attached hydrogen (secondary N) is 2. The fraction of sp³-hybridized carbons (Fsp3) is 0.619. The Hall–Kier alpha value is -1.88. The van der Waals surface area contributed by atoms with Gasteiger partial charge in [-0.2, -0.15) is 0 Å². The molecular weight excluding hydrogens is 326 g/mol. The molecular formula is C21H29N3O2. The van der Waals surface area contributed by atoms with E-state index in [1.165, 1.54) is 25.7 Å². The Morgan fingerprint density at radius 3 is 2.46 bits per heavy atom. The van der Waals surface area contributed by atoms with Gasteiger partial charge in [0.25, 0.3) is 5.91 Å². The maximum absolute atomic E-state index is 12.6. The van der Waals surface area contributed by atoms with Crippen molar-refractivity contribution in [2.45, 2.75) is 63.1 Å². The molecule has 2 heterocycles. The first-order valence-electron chi connectivity index (χ1n) is 10.1. The molecule has 0 bridgehead atoms. The number of hydrogen-bond donors (Lipinski definition) is 2. The van der Waals surface area contributed by atoms with E-state index in [4.69, 9.17) is 0 Å². The van der Waals surface area contributed by atoms with Crippen LogP contribution in [0.15, 0.2) is 30.3 Å². The van der Waals surface area contributed by atoms with Crippen LogP contribution in [0.3, 0.4) is 0 Å². The predicted octanol–water partition coefficient (Wildman–Crippen LogP) is 2.33. The third-order valence-electron chi connectivity index (χ3n) is 6.33. The van der Waals surface area contributed by atoms with E-state index in [9.17, 15) is 9.59 Å². The number of likely N-dealkylation sites (tertiary alicyclic amines) is 1. The summed E-state index contributed by atoms with van der Waals surface area (Å²) in [7, 11) is 0. The van der Waals surface area contributed by atoms with Gasteiger partial charge in [0, 0.05) is 30.7 Å². The van der Waals surface area contributed by atoms with Crippen molar-refractivity contribution < 1.29 is 9.59 Å². The number of amides is 2. The van der Waals surface area contributed by atoms with Crippen LogP contribution in [0.5, 0.6) is 0 Å². The Kier molecular flexibility index (Phi) is 5.25. The summed E-state index contributed by atoms with van der Waals surface area (Å²) >= 11 is 0. The summed E-state index contributed by atoms with van der Waals surface area (Å²) in [5.41, 5.74) is 0.743. The second-order valence-corrected chi connectivity index (χ2v) is 8.05. The van der Waals surface area contributed by atoms with Gasteiger partial charge in [-0.25, -0.2) is 0 Å². The zero-order valence-corrected chi connectivity index (χ0v) is 15.3. The first kappa shape index (κ1) is 17.5. The highest BCUT2D eigenvalue weighted by molar-refractivity contribution is 5.94. The van der Waals surface area contributed by atoms with Crippen molar-refractivity contribution in [3.05, 3.63) is 35.9 Å². The molecule has 5 heteroatoms. The SMILES string of the molecule is O=C(NC1CCN(C(=O)c2ccccc2)CC1)C1CC2CCCCC2N1. The maximum atomic E-state index is 12.6. The molecule has 0 radical (unpaired) electrons. The molecule has 2 saturated heterocycles. The molecule has 2 amide bonds. The number of benzene rings is 1. The van der Waals surface area contributed by atoms with E-state index in [1.807, 2.05) is 35.2 Å². The van der Waals surface area contributed by atoms with Gasteiger partial charge in [0.2, 0.25) is 5.91 Å². The average molecular weight is 355 g/mol. The second kappa shape index (κ2) is 7.78. The monoisotopic (exact) mass is 355 g/mol. The normalized spacial score (nSPS) is 29.2. The highest BCUT2D eigenvalue weighted by Crippen LogP contribution is 2.33. The van der Waals surface area contributed by atoms with Crippen LogP contribution < -0.4 is 10.6 Å². The lowest BCUT2D eigenvalue weighted by Gasteiger charge is -2.33. The largest absolute Gasteiger partial charge is 0.352 e. The first-order valence-corrected chi connectivity index (χ1v) is 10.1. The smallest absolute Gasteiger partial charge is 0.253 e. The number of piperidine rings is 1. The van der Waals surface area contributed by atoms with E-state index in [-0.39, 0.29) is 23.9 Å². The minimum absolute atomic E-state index is 0.0212. The van der Waals surface area contributed by atoms with Crippen LogP contribution in [0.25, 0.3) is 0 Å². The third-order valence-corrected chi connectivity index (χ3v) is 6.33. The van der Waals surface area contributed by atoms with E-state index in [0.717, 1.165) is 24.8 Å². The molecule has 3 unspecified atom stereocenters. The third kappa shape index (κ3) is 3.78. The number of fused-ring (bicyclic) bond motifs is 1. The van der Waals surface area contributed by atoms with Crippen molar-refractivity contribution in [1.29, 1.82) is 0 Å². The quantitative estimate of drug-likeness (QED) is 0.875. The zero-order chi connectivity index (χ0) is 17.9. The fourth-order valence-electron chi connectivity index (χ4n) is 4.81. The molecule has 1 aliphatic carbocycles. The summed E-state index contributed by atoms with van der Waals surface area (Å²) in [4.78, 5) is 27.1. The van der Waals surface area contributed by atoms with Crippen LogP contribution in [0.1, 0.15) is 55.3 Å². The van der Waals surface area contributed by atoms with Gasteiger partial charge in [0.1, 0.15) is 0 Å². The van der Waals surface area contributed by atoms with E-state index in [0.29, 0.717) is 25.0 Å². The predicted molar refractivity (Wildman–Crippen MR) is 101 cm³/mol. The van der Waals surface area contributed by atoms with Crippen LogP contribution in [0.2, 0.25) is 0 Å². The second-order valence-electron chi connectivity index (χ2n) is 8.05. The molecule has 1 aromatic rings. The van der Waals surface area contributed by atoms with Gasteiger partial charge >= 0.3 is 0 Å². The lowest BCUT2D eigenvalue weighted by Crippen LogP contribution is -2.51. The van der Waals surface area contributed by atoms with Gasteiger partial charge in [-0.1, -0.05) is 31.0 Å². The lowest BCUT2D eigenvalue weighted by molar-refractivity contribution is -0.123. The van der Waals surface area contributed by atoms with Crippen molar-refractivity contribution in [1.82, 2.24) is 15.5 Å². The van der Waals surface area contributed by atoms with Gasteiger partial charge in [-0.05, 0) is 50.2 Å². The van der Waals surface area contributed by atoms with Crippen molar-refractivity contribution in [3.8, 4) is 0 Å². The molecule has 0 spiro atoms. The number of nitrogens with zero attached hydrogens (tertiary/aromatic N) is 1. The van der Waals surface area contributed by atoms with E-state index in [2.05, 4.69) is 10.6 Å². The Morgan fingerprint density at radius 1 is 1.00 bits per heavy atom. The number of hydrogen-bond acceptors (Lipinski definition) is 3. The van der Waals surface area contributed by atoms with E-state index >= 15 is 0 Å². The first-order chi connectivity index (χ1) is 12.7. The van der Waals surface area contributed by atoms with Gasteiger partial charge in [-0.15, -0.1) is 0 Å². The number of carbonyl (C=O) groups excluding carboxylic acids is 2. The summed E-state index contributed by atoms with van der Waals surface area (Å²) in [5, 5.41) is 6.78. The molecule has 4 rings (SSSR count). The van der Waals surface area contributed by atoms with Gasteiger partial charge < -0.3 is 15.5 Å². The zero-order valence-electron chi connectivity index (χ0n) is 15.3. The summed E-state index contributed by atoms with van der Waals surface area (Å²) < 4.78 is 0. The van der Waals surface area contributed by atoms with Crippen molar-refractivity contribution in [2.75, 3.05) is 13.1 Å². The fourth-order valence-corrected chi connectivity index (χ4v) is 4.81. The standard InChI is InChI=1S/C21H29N3O2/c25-20(19-14-16-8-4-5-9-18(16)23-19)22-17-10-12-24(13-11-17)21(26)15-6-2-1-3-7-15/h1-3,6-7,16-19,23H,4-5,8-14H2,(H,22,25). The van der Waals surface area contributed by atoms with Gasteiger partial charge in [0.15, 0.2) is 0 Å².